The lowest BCUT2D eigenvalue weighted by Crippen LogP contribution is -2.45. The summed E-state index contributed by atoms with van der Waals surface area (Å²) in [6, 6.07) is 7.98. The van der Waals surface area contributed by atoms with Crippen LogP contribution in [0.25, 0.3) is 0 Å². The molecule has 0 radical (unpaired) electrons. The lowest BCUT2D eigenvalue weighted by atomic mass is 9.97. The van der Waals surface area contributed by atoms with Gasteiger partial charge in [0.2, 0.25) is 5.91 Å². The van der Waals surface area contributed by atoms with Gasteiger partial charge < -0.3 is 15.0 Å². The number of piperidine rings is 1. The number of rotatable bonds is 4. The number of carbonyl (C=O) groups is 2. The fraction of sp³-hybridized carbons (Fsp3) is 0.600. The summed E-state index contributed by atoms with van der Waals surface area (Å²) in [6.07, 6.45) is 3.41. The Morgan fingerprint density at radius 1 is 1.24 bits per heavy atom. The normalized spacial score (nSPS) is 17.9. The third-order valence-corrected chi connectivity index (χ3v) is 4.20. The summed E-state index contributed by atoms with van der Waals surface area (Å²) < 4.78 is 5.41. The Morgan fingerprint density at radius 2 is 1.92 bits per heavy atom. The zero-order valence-corrected chi connectivity index (χ0v) is 15.8. The Kier molecular flexibility index (Phi) is 6.45. The number of aryl methyl sites for hydroxylation is 1. The number of benzene rings is 1. The van der Waals surface area contributed by atoms with Crippen LogP contribution >= 0.6 is 0 Å². The summed E-state index contributed by atoms with van der Waals surface area (Å²) in [4.78, 5) is 26.4. The Labute approximate surface area is 150 Å². The molecule has 1 heterocycles. The standard InChI is InChI=1S/C20H30N2O3/c1-5-7-15-9-11-17(12-10-15)21-18(23)16-8-6-13-22(14-16)19(24)25-20(2,3)4/h9-12,16H,5-8,13-14H2,1-4H3,(H,21,23). The van der Waals surface area contributed by atoms with Crippen molar-refractivity contribution in [2.45, 2.75) is 59.0 Å². The first-order chi connectivity index (χ1) is 11.8. The van der Waals surface area contributed by atoms with Gasteiger partial charge in [-0.15, -0.1) is 0 Å². The van der Waals surface area contributed by atoms with E-state index in [9.17, 15) is 9.59 Å². The van der Waals surface area contributed by atoms with Crippen molar-refractivity contribution in [1.82, 2.24) is 4.90 Å². The molecule has 2 amide bonds. The summed E-state index contributed by atoms with van der Waals surface area (Å²) in [5.41, 5.74) is 1.56. The molecule has 5 nitrogen and oxygen atoms in total. The molecule has 1 aliphatic rings. The van der Waals surface area contributed by atoms with Crippen molar-refractivity contribution in [3.05, 3.63) is 29.8 Å². The number of hydrogen-bond acceptors (Lipinski definition) is 3. The Hall–Kier alpha value is -2.04. The minimum Gasteiger partial charge on any atom is -0.444 e. The van der Waals surface area contributed by atoms with Crippen LogP contribution < -0.4 is 5.32 Å². The SMILES string of the molecule is CCCc1ccc(NC(=O)C2CCCN(C(=O)OC(C)(C)C)C2)cc1. The quantitative estimate of drug-likeness (QED) is 0.888. The molecule has 1 fully saturated rings. The van der Waals surface area contributed by atoms with E-state index in [4.69, 9.17) is 4.74 Å². The van der Waals surface area contributed by atoms with Crippen LogP contribution in [0.2, 0.25) is 0 Å². The minimum atomic E-state index is -0.521. The van der Waals surface area contributed by atoms with Gasteiger partial charge in [0.25, 0.3) is 0 Å². The fourth-order valence-corrected chi connectivity index (χ4v) is 2.97. The van der Waals surface area contributed by atoms with Gasteiger partial charge in [-0.3, -0.25) is 4.79 Å². The Balaban J connectivity index is 1.91. The number of amides is 2. The van der Waals surface area contributed by atoms with E-state index in [0.717, 1.165) is 31.4 Å². The predicted molar refractivity (Wildman–Crippen MR) is 99.6 cm³/mol. The molecule has 0 bridgehead atoms. The van der Waals surface area contributed by atoms with Gasteiger partial charge >= 0.3 is 6.09 Å². The molecule has 25 heavy (non-hydrogen) atoms. The van der Waals surface area contributed by atoms with E-state index >= 15 is 0 Å². The highest BCUT2D eigenvalue weighted by Gasteiger charge is 2.31. The zero-order valence-electron chi connectivity index (χ0n) is 15.8. The molecule has 1 aromatic rings. The molecule has 1 atom stereocenters. The smallest absolute Gasteiger partial charge is 0.410 e. The molecule has 1 aromatic carbocycles. The topological polar surface area (TPSA) is 58.6 Å². The van der Waals surface area contributed by atoms with Crippen LogP contribution in [0, 0.1) is 5.92 Å². The van der Waals surface area contributed by atoms with E-state index in [1.54, 1.807) is 4.90 Å². The van der Waals surface area contributed by atoms with Gasteiger partial charge in [0, 0.05) is 18.8 Å². The number of likely N-dealkylation sites (tertiary alicyclic amines) is 1. The van der Waals surface area contributed by atoms with E-state index in [2.05, 4.69) is 12.2 Å². The van der Waals surface area contributed by atoms with Gasteiger partial charge in [-0.05, 0) is 57.7 Å². The second-order valence-corrected chi connectivity index (χ2v) is 7.70. The number of ether oxygens (including phenoxy) is 1. The predicted octanol–water partition coefficient (Wildman–Crippen LogP) is 4.22. The molecule has 5 heteroatoms. The maximum Gasteiger partial charge on any atom is 0.410 e. The molecule has 1 aliphatic heterocycles. The van der Waals surface area contributed by atoms with Crippen molar-refractivity contribution >= 4 is 17.7 Å². The molecule has 0 spiro atoms. The lowest BCUT2D eigenvalue weighted by Gasteiger charge is -2.33. The highest BCUT2D eigenvalue weighted by Crippen LogP contribution is 2.21. The third kappa shape index (κ3) is 6.07. The maximum absolute atomic E-state index is 12.5. The second-order valence-electron chi connectivity index (χ2n) is 7.70. The first-order valence-corrected chi connectivity index (χ1v) is 9.16. The van der Waals surface area contributed by atoms with Crippen LogP contribution in [0.4, 0.5) is 10.5 Å². The van der Waals surface area contributed by atoms with Crippen molar-refractivity contribution in [1.29, 1.82) is 0 Å². The average molecular weight is 346 g/mol. The fourth-order valence-electron chi connectivity index (χ4n) is 2.97. The van der Waals surface area contributed by atoms with Crippen LogP contribution in [0.3, 0.4) is 0 Å². The van der Waals surface area contributed by atoms with E-state index in [-0.39, 0.29) is 17.9 Å². The van der Waals surface area contributed by atoms with Gasteiger partial charge in [-0.1, -0.05) is 25.5 Å². The van der Waals surface area contributed by atoms with Crippen molar-refractivity contribution in [2.24, 2.45) is 5.92 Å². The number of carbonyl (C=O) groups excluding carboxylic acids is 2. The number of anilines is 1. The minimum absolute atomic E-state index is 0.0310. The molecular weight excluding hydrogens is 316 g/mol. The first-order valence-electron chi connectivity index (χ1n) is 9.16. The van der Waals surface area contributed by atoms with E-state index in [0.29, 0.717) is 13.1 Å². The van der Waals surface area contributed by atoms with Gasteiger partial charge in [-0.25, -0.2) is 4.79 Å². The summed E-state index contributed by atoms with van der Waals surface area (Å²) in [5, 5.41) is 2.97. The van der Waals surface area contributed by atoms with Gasteiger partial charge in [0.15, 0.2) is 0 Å². The summed E-state index contributed by atoms with van der Waals surface area (Å²) in [7, 11) is 0. The first kappa shape index (κ1) is 19.3. The molecule has 1 N–H and O–H groups in total. The highest BCUT2D eigenvalue weighted by atomic mass is 16.6. The molecule has 1 unspecified atom stereocenters. The molecular formula is C20H30N2O3. The van der Waals surface area contributed by atoms with Gasteiger partial charge in [0.05, 0.1) is 5.92 Å². The number of hydrogen-bond donors (Lipinski definition) is 1. The van der Waals surface area contributed by atoms with Crippen LogP contribution in [0.5, 0.6) is 0 Å². The third-order valence-electron chi connectivity index (χ3n) is 4.20. The maximum atomic E-state index is 12.5. The molecule has 0 aromatic heterocycles. The second kappa shape index (κ2) is 8.37. The zero-order chi connectivity index (χ0) is 18.4. The highest BCUT2D eigenvalue weighted by molar-refractivity contribution is 5.93. The van der Waals surface area contributed by atoms with Crippen LogP contribution in [-0.2, 0) is 16.0 Å². The van der Waals surface area contributed by atoms with Crippen molar-refractivity contribution in [3.63, 3.8) is 0 Å². The lowest BCUT2D eigenvalue weighted by molar-refractivity contribution is -0.121. The van der Waals surface area contributed by atoms with Gasteiger partial charge in [0.1, 0.15) is 5.60 Å². The van der Waals surface area contributed by atoms with Crippen molar-refractivity contribution < 1.29 is 14.3 Å². The van der Waals surface area contributed by atoms with Crippen molar-refractivity contribution in [3.8, 4) is 0 Å². The Morgan fingerprint density at radius 3 is 2.52 bits per heavy atom. The van der Waals surface area contributed by atoms with Crippen LogP contribution in [0.1, 0.15) is 52.5 Å². The van der Waals surface area contributed by atoms with Crippen LogP contribution in [-0.4, -0.2) is 35.6 Å². The van der Waals surface area contributed by atoms with E-state index < -0.39 is 5.60 Å². The van der Waals surface area contributed by atoms with Gasteiger partial charge in [-0.2, -0.15) is 0 Å². The number of nitrogens with one attached hydrogen (secondary N) is 1. The van der Waals surface area contributed by atoms with Crippen LogP contribution in [0.15, 0.2) is 24.3 Å². The molecule has 0 aliphatic carbocycles. The molecule has 1 saturated heterocycles. The summed E-state index contributed by atoms with van der Waals surface area (Å²) >= 11 is 0. The monoisotopic (exact) mass is 346 g/mol. The van der Waals surface area contributed by atoms with E-state index in [1.165, 1.54) is 5.56 Å². The largest absolute Gasteiger partial charge is 0.444 e. The average Bonchev–Trinajstić information content (AvgIpc) is 2.55. The van der Waals surface area contributed by atoms with E-state index in [1.807, 2.05) is 45.0 Å². The molecule has 2 rings (SSSR count). The summed E-state index contributed by atoms with van der Waals surface area (Å²) in [6.45, 7) is 8.75. The Bertz CT molecular complexity index is 590. The molecule has 138 valence electrons. The molecule has 0 saturated carbocycles. The van der Waals surface area contributed by atoms with Crippen molar-refractivity contribution in [2.75, 3.05) is 18.4 Å². The number of nitrogens with zero attached hydrogens (tertiary/aromatic N) is 1. The summed E-state index contributed by atoms with van der Waals surface area (Å²) in [5.74, 6) is -0.229.